The molecule has 3 aromatic rings. The first-order chi connectivity index (χ1) is 16.4. The van der Waals surface area contributed by atoms with Crippen LogP contribution in [-0.4, -0.2) is 36.5 Å². The lowest BCUT2D eigenvalue weighted by Gasteiger charge is -2.11. The third-order valence-electron chi connectivity index (χ3n) is 4.53. The van der Waals surface area contributed by atoms with Gasteiger partial charge in [-0.2, -0.15) is 10.2 Å². The summed E-state index contributed by atoms with van der Waals surface area (Å²) in [4.78, 5) is 20.5. The van der Waals surface area contributed by atoms with Gasteiger partial charge in [0.2, 0.25) is 0 Å². The van der Waals surface area contributed by atoms with E-state index < -0.39 is 9.85 Å². The summed E-state index contributed by atoms with van der Waals surface area (Å²) < 4.78 is 10.9. The van der Waals surface area contributed by atoms with Crippen LogP contribution in [0.25, 0.3) is 0 Å². The quantitative estimate of drug-likeness (QED) is 0.254. The third kappa shape index (κ3) is 6.03. The van der Waals surface area contributed by atoms with E-state index in [-0.39, 0.29) is 11.4 Å². The second-order valence-electron chi connectivity index (χ2n) is 6.68. The van der Waals surface area contributed by atoms with E-state index >= 15 is 0 Å². The van der Waals surface area contributed by atoms with Crippen molar-refractivity contribution in [2.45, 2.75) is 0 Å². The number of nitro benzene ring substituents is 2. The highest BCUT2D eigenvalue weighted by Crippen LogP contribution is 2.27. The van der Waals surface area contributed by atoms with Gasteiger partial charge in [-0.15, -0.1) is 0 Å². The number of anilines is 2. The molecule has 0 radical (unpaired) electrons. The van der Waals surface area contributed by atoms with E-state index in [1.165, 1.54) is 50.9 Å². The van der Waals surface area contributed by atoms with Crippen LogP contribution >= 0.6 is 0 Å². The molecule has 0 saturated carbocycles. The number of methoxy groups -OCH3 is 2. The van der Waals surface area contributed by atoms with Crippen molar-refractivity contribution >= 4 is 35.2 Å². The van der Waals surface area contributed by atoms with Crippen LogP contribution in [0.15, 0.2) is 70.9 Å². The summed E-state index contributed by atoms with van der Waals surface area (Å²) in [6.07, 6.45) is 3.05. The fourth-order valence-corrected chi connectivity index (χ4v) is 2.81. The van der Waals surface area contributed by atoms with Crippen molar-refractivity contribution in [2.75, 3.05) is 25.1 Å². The van der Waals surface area contributed by atoms with E-state index in [0.717, 1.165) is 0 Å². The summed E-state index contributed by atoms with van der Waals surface area (Å²) in [5, 5.41) is 29.8. The Balaban J connectivity index is 1.72. The number of hydrogen-bond donors (Lipinski definition) is 2. The van der Waals surface area contributed by atoms with Crippen LogP contribution in [0.2, 0.25) is 0 Å². The number of nitro groups is 2. The zero-order valence-corrected chi connectivity index (χ0v) is 18.2. The molecule has 0 aliphatic heterocycles. The Hall–Kier alpha value is -5.00. The first-order valence-corrected chi connectivity index (χ1v) is 9.74. The summed E-state index contributed by atoms with van der Waals surface area (Å²) in [6.45, 7) is 0. The average molecular weight is 464 g/mol. The summed E-state index contributed by atoms with van der Waals surface area (Å²) in [6, 6.07) is 15.1. The zero-order valence-electron chi connectivity index (χ0n) is 18.2. The minimum Gasteiger partial charge on any atom is -0.496 e. The lowest BCUT2D eigenvalue weighted by molar-refractivity contribution is -0.385. The molecule has 174 valence electrons. The van der Waals surface area contributed by atoms with Crippen LogP contribution in [-0.2, 0) is 0 Å². The molecule has 0 atom stereocenters. The van der Waals surface area contributed by atoms with Gasteiger partial charge < -0.3 is 9.47 Å². The molecule has 0 aromatic heterocycles. The standard InChI is InChI=1S/C22H20N6O6/c1-33-21-11-16(14-24-26-18-5-9-20(10-6-18)28(31)32)22(34-2)12-15(21)13-23-25-17-3-7-19(8-4-17)27(29)30/h3-14,25-26H,1-2H3/b23-13+,24-14+. The normalized spacial score (nSPS) is 10.9. The van der Waals surface area contributed by atoms with Gasteiger partial charge in [-0.05, 0) is 36.4 Å². The highest BCUT2D eigenvalue weighted by molar-refractivity contribution is 5.91. The molecular weight excluding hydrogens is 444 g/mol. The molecule has 0 saturated heterocycles. The van der Waals surface area contributed by atoms with Crippen molar-refractivity contribution in [3.63, 3.8) is 0 Å². The van der Waals surface area contributed by atoms with Gasteiger partial charge in [0.05, 0.1) is 47.9 Å². The van der Waals surface area contributed by atoms with Crippen LogP contribution in [0, 0.1) is 20.2 Å². The number of benzene rings is 3. The van der Waals surface area contributed by atoms with Gasteiger partial charge in [0, 0.05) is 35.4 Å². The molecular formula is C22H20N6O6. The lowest BCUT2D eigenvalue weighted by atomic mass is 10.1. The molecule has 0 heterocycles. The SMILES string of the molecule is COc1cc(/C=N/Nc2ccc([N+](=O)[O-])cc2)c(OC)cc1/C=N/Nc1ccc([N+](=O)[O-])cc1. The van der Waals surface area contributed by atoms with Gasteiger partial charge in [0.25, 0.3) is 11.4 Å². The molecule has 12 heteroatoms. The van der Waals surface area contributed by atoms with Crippen molar-refractivity contribution in [3.05, 3.63) is 92.0 Å². The molecule has 0 bridgehead atoms. The molecule has 0 aliphatic carbocycles. The Morgan fingerprint density at radius 3 is 1.35 bits per heavy atom. The summed E-state index contributed by atoms with van der Waals surface area (Å²) in [5.41, 5.74) is 7.97. The van der Waals surface area contributed by atoms with Gasteiger partial charge in [-0.1, -0.05) is 0 Å². The molecule has 12 nitrogen and oxygen atoms in total. The summed E-state index contributed by atoms with van der Waals surface area (Å²) in [5.74, 6) is 1.01. The first-order valence-electron chi connectivity index (χ1n) is 9.74. The molecule has 34 heavy (non-hydrogen) atoms. The smallest absolute Gasteiger partial charge is 0.269 e. The molecule has 0 amide bonds. The number of non-ortho nitro benzene ring substituents is 2. The number of hydrazone groups is 2. The van der Waals surface area contributed by atoms with E-state index in [2.05, 4.69) is 21.1 Å². The number of nitrogens with zero attached hydrogens (tertiary/aromatic N) is 4. The Labute approximate surface area is 193 Å². The largest absolute Gasteiger partial charge is 0.496 e. The Kier molecular flexibility index (Phi) is 7.68. The predicted molar refractivity (Wildman–Crippen MR) is 128 cm³/mol. The predicted octanol–water partition coefficient (Wildman–Crippen LogP) is 4.41. The van der Waals surface area contributed by atoms with Crippen LogP contribution in [0.3, 0.4) is 0 Å². The maximum atomic E-state index is 10.7. The maximum Gasteiger partial charge on any atom is 0.269 e. The molecule has 0 spiro atoms. The van der Waals surface area contributed by atoms with Crippen molar-refractivity contribution in [2.24, 2.45) is 10.2 Å². The summed E-state index contributed by atoms with van der Waals surface area (Å²) >= 11 is 0. The topological polar surface area (TPSA) is 154 Å². The molecule has 0 aliphatic rings. The van der Waals surface area contributed by atoms with Crippen LogP contribution in [0.4, 0.5) is 22.7 Å². The van der Waals surface area contributed by atoms with E-state index in [9.17, 15) is 20.2 Å². The second kappa shape index (κ2) is 11.0. The van der Waals surface area contributed by atoms with Gasteiger partial charge in [-0.3, -0.25) is 31.1 Å². The monoisotopic (exact) mass is 464 g/mol. The van der Waals surface area contributed by atoms with E-state index in [1.807, 2.05) is 0 Å². The lowest BCUT2D eigenvalue weighted by Crippen LogP contribution is -2.00. The summed E-state index contributed by atoms with van der Waals surface area (Å²) in [7, 11) is 3.03. The maximum absolute atomic E-state index is 10.7. The molecule has 2 N–H and O–H groups in total. The van der Waals surface area contributed by atoms with Crippen molar-refractivity contribution in [1.82, 2.24) is 0 Å². The van der Waals surface area contributed by atoms with E-state index in [4.69, 9.17) is 9.47 Å². The molecule has 0 unspecified atom stereocenters. The number of rotatable bonds is 10. The van der Waals surface area contributed by atoms with Crippen LogP contribution in [0.5, 0.6) is 11.5 Å². The zero-order chi connectivity index (χ0) is 24.5. The number of hydrogen-bond acceptors (Lipinski definition) is 10. The second-order valence-corrected chi connectivity index (χ2v) is 6.68. The van der Waals surface area contributed by atoms with Gasteiger partial charge >= 0.3 is 0 Å². The van der Waals surface area contributed by atoms with Gasteiger partial charge in [0.1, 0.15) is 11.5 Å². The van der Waals surface area contributed by atoms with Gasteiger partial charge in [0.15, 0.2) is 0 Å². The number of ether oxygens (including phenoxy) is 2. The fourth-order valence-electron chi connectivity index (χ4n) is 2.81. The average Bonchev–Trinajstić information content (AvgIpc) is 2.85. The van der Waals surface area contributed by atoms with Crippen molar-refractivity contribution < 1.29 is 19.3 Å². The minimum absolute atomic E-state index is 0.0127. The Morgan fingerprint density at radius 1 is 0.706 bits per heavy atom. The first kappa shape index (κ1) is 23.7. The van der Waals surface area contributed by atoms with Gasteiger partial charge in [-0.25, -0.2) is 0 Å². The highest BCUT2D eigenvalue weighted by atomic mass is 16.6. The molecule has 0 fully saturated rings. The number of nitrogens with one attached hydrogen (secondary N) is 2. The molecule has 3 rings (SSSR count). The minimum atomic E-state index is -0.476. The van der Waals surface area contributed by atoms with Crippen LogP contribution in [0.1, 0.15) is 11.1 Å². The van der Waals surface area contributed by atoms with E-state index in [1.54, 1.807) is 36.4 Å². The van der Waals surface area contributed by atoms with E-state index in [0.29, 0.717) is 34.0 Å². The van der Waals surface area contributed by atoms with Crippen LogP contribution < -0.4 is 20.3 Å². The molecule has 3 aromatic carbocycles. The fraction of sp³-hybridized carbons (Fsp3) is 0.0909. The Bertz CT molecular complexity index is 1130. The Morgan fingerprint density at radius 2 is 1.06 bits per heavy atom. The third-order valence-corrected chi connectivity index (χ3v) is 4.53. The van der Waals surface area contributed by atoms with Crippen molar-refractivity contribution in [3.8, 4) is 11.5 Å². The highest BCUT2D eigenvalue weighted by Gasteiger charge is 2.10. The van der Waals surface area contributed by atoms with Crippen molar-refractivity contribution in [1.29, 1.82) is 0 Å².